The lowest BCUT2D eigenvalue weighted by atomic mass is 10.0. The highest BCUT2D eigenvalue weighted by Gasteiger charge is 2.53. The Hall–Kier alpha value is -4.30. The van der Waals surface area contributed by atoms with Crippen molar-refractivity contribution in [3.63, 3.8) is 0 Å². The summed E-state index contributed by atoms with van der Waals surface area (Å²) in [6.45, 7) is 1.12. The lowest BCUT2D eigenvalue weighted by Crippen LogP contribution is -2.48. The van der Waals surface area contributed by atoms with Crippen molar-refractivity contribution in [1.29, 1.82) is 0 Å². The molecule has 2 N–H and O–H groups in total. The smallest absolute Gasteiger partial charge is 0.187 e. The minimum absolute atomic E-state index is 0.194. The van der Waals surface area contributed by atoms with Crippen LogP contribution in [0.25, 0.3) is 0 Å². The average Bonchev–Trinajstić information content (AvgIpc) is 3.75. The molecule has 10 nitrogen and oxygen atoms in total. The van der Waals surface area contributed by atoms with Crippen LogP contribution in [0.4, 0.5) is 0 Å². The lowest BCUT2D eigenvalue weighted by Gasteiger charge is -2.31. The molecule has 0 bridgehead atoms. The maximum absolute atomic E-state index is 11.3. The molecule has 2 fully saturated rings. The van der Waals surface area contributed by atoms with Gasteiger partial charge in [0.1, 0.15) is 42.7 Å². The van der Waals surface area contributed by atoms with Crippen LogP contribution in [0.2, 0.25) is 0 Å². The van der Waals surface area contributed by atoms with Crippen molar-refractivity contribution in [2.24, 2.45) is 0 Å². The highest BCUT2D eigenvalue weighted by molar-refractivity contribution is 5.17. The standard InChI is InChI=1S/C46H50O10/c47-26-38(41-42(51-29-35-20-10-3-11-21-35)43(45(48)56-41)52-30-36-22-12-4-13-23-36)54-46-44(53-31-37-24-14-5-15-25-37)40(50-28-34-18-8-2-9-19-34)39(55-46)32-49-27-33-16-6-1-7-17-33/h1-25,38-48H,26-32H2/t38-,39-,40-,41+,42+,43-,44+,45-,46+/m1/s1. The zero-order valence-electron chi connectivity index (χ0n) is 31.2. The molecule has 7 rings (SSSR count). The Balaban J connectivity index is 1.13. The van der Waals surface area contributed by atoms with E-state index in [4.69, 9.17) is 37.9 Å². The molecule has 0 unspecified atom stereocenters. The SMILES string of the molecule is OC[C@@H](O[C@H]1O[C@H](COCc2ccccc2)[C@@H](OCc2ccccc2)[C@@H]1OCc1ccccc1)[C@@H]1O[C@@H](O)[C@H](OCc2ccccc2)[C@H]1OCc1ccccc1. The van der Waals surface area contributed by atoms with E-state index in [0.717, 1.165) is 27.8 Å². The van der Waals surface area contributed by atoms with Gasteiger partial charge in [0, 0.05) is 0 Å². The molecule has 2 aliphatic heterocycles. The van der Waals surface area contributed by atoms with Crippen LogP contribution >= 0.6 is 0 Å². The highest BCUT2D eigenvalue weighted by Crippen LogP contribution is 2.35. The first-order chi connectivity index (χ1) is 27.6. The fourth-order valence-electron chi connectivity index (χ4n) is 6.97. The van der Waals surface area contributed by atoms with Crippen molar-refractivity contribution in [3.8, 4) is 0 Å². The highest BCUT2D eigenvalue weighted by atomic mass is 16.8. The first-order valence-corrected chi connectivity index (χ1v) is 19.1. The normalized spacial score (nSPS) is 25.3. The quantitative estimate of drug-likeness (QED) is 0.0929. The van der Waals surface area contributed by atoms with E-state index in [1.54, 1.807) is 0 Å². The summed E-state index contributed by atoms with van der Waals surface area (Å²) in [7, 11) is 0. The predicted molar refractivity (Wildman–Crippen MR) is 208 cm³/mol. The van der Waals surface area contributed by atoms with Gasteiger partial charge >= 0.3 is 0 Å². The van der Waals surface area contributed by atoms with Crippen LogP contribution in [0, 0.1) is 0 Å². The summed E-state index contributed by atoms with van der Waals surface area (Å²) in [6.07, 6.45) is -7.94. The van der Waals surface area contributed by atoms with Gasteiger partial charge in [0.15, 0.2) is 12.6 Å². The minimum Gasteiger partial charge on any atom is -0.394 e. The molecule has 5 aromatic rings. The van der Waals surface area contributed by atoms with Gasteiger partial charge in [0.2, 0.25) is 0 Å². The second kappa shape index (κ2) is 20.7. The Kier molecular flexibility index (Phi) is 14.8. The van der Waals surface area contributed by atoms with Crippen molar-refractivity contribution < 1.29 is 48.1 Å². The Labute approximate surface area is 328 Å². The Morgan fingerprint density at radius 2 is 0.857 bits per heavy atom. The fraction of sp³-hybridized carbons (Fsp3) is 0.348. The number of rotatable bonds is 20. The summed E-state index contributed by atoms with van der Waals surface area (Å²) in [5, 5.41) is 22.2. The van der Waals surface area contributed by atoms with Crippen LogP contribution in [-0.4, -0.2) is 78.7 Å². The number of hydrogen-bond acceptors (Lipinski definition) is 10. The van der Waals surface area contributed by atoms with E-state index in [2.05, 4.69) is 0 Å². The molecule has 0 aromatic heterocycles. The maximum Gasteiger partial charge on any atom is 0.187 e. The van der Waals surface area contributed by atoms with Crippen molar-refractivity contribution in [2.45, 2.75) is 88.3 Å². The molecule has 2 heterocycles. The molecule has 0 radical (unpaired) electrons. The number of hydrogen-bond donors (Lipinski definition) is 2. The maximum atomic E-state index is 11.3. The van der Waals surface area contributed by atoms with Gasteiger partial charge in [-0.15, -0.1) is 0 Å². The molecule has 56 heavy (non-hydrogen) atoms. The summed E-state index contributed by atoms with van der Waals surface area (Å²) >= 11 is 0. The molecule has 2 saturated heterocycles. The van der Waals surface area contributed by atoms with Gasteiger partial charge in [-0.2, -0.15) is 0 Å². The molecular weight excluding hydrogens is 712 g/mol. The topological polar surface area (TPSA) is 114 Å². The fourth-order valence-corrected chi connectivity index (χ4v) is 6.97. The van der Waals surface area contributed by atoms with Crippen LogP contribution in [0.3, 0.4) is 0 Å². The molecule has 0 saturated carbocycles. The number of benzene rings is 5. The van der Waals surface area contributed by atoms with Crippen molar-refractivity contribution in [1.82, 2.24) is 0 Å². The number of aliphatic hydroxyl groups is 2. The molecular formula is C46H50O10. The number of ether oxygens (including phenoxy) is 8. The van der Waals surface area contributed by atoms with E-state index >= 15 is 0 Å². The Morgan fingerprint density at radius 1 is 0.464 bits per heavy atom. The summed E-state index contributed by atoms with van der Waals surface area (Å²) < 4.78 is 51.5. The summed E-state index contributed by atoms with van der Waals surface area (Å²) in [5.74, 6) is 0. The van der Waals surface area contributed by atoms with Gasteiger partial charge in [-0.25, -0.2) is 0 Å². The van der Waals surface area contributed by atoms with Crippen molar-refractivity contribution in [3.05, 3.63) is 179 Å². The molecule has 0 amide bonds. The zero-order chi connectivity index (χ0) is 38.4. The van der Waals surface area contributed by atoms with Gasteiger partial charge in [0.25, 0.3) is 0 Å². The first-order valence-electron chi connectivity index (χ1n) is 19.1. The third-order valence-corrected chi connectivity index (χ3v) is 9.88. The third-order valence-electron chi connectivity index (χ3n) is 9.88. The van der Waals surface area contributed by atoms with E-state index in [-0.39, 0.29) is 26.4 Å². The lowest BCUT2D eigenvalue weighted by molar-refractivity contribution is -0.244. The molecule has 294 valence electrons. The van der Waals surface area contributed by atoms with E-state index in [9.17, 15) is 10.2 Å². The van der Waals surface area contributed by atoms with Crippen LogP contribution in [-0.2, 0) is 70.9 Å². The van der Waals surface area contributed by atoms with Gasteiger partial charge in [-0.3, -0.25) is 0 Å². The van der Waals surface area contributed by atoms with Crippen LogP contribution < -0.4 is 0 Å². The van der Waals surface area contributed by atoms with Crippen LogP contribution in [0.5, 0.6) is 0 Å². The van der Waals surface area contributed by atoms with Gasteiger partial charge < -0.3 is 48.1 Å². The summed E-state index contributed by atoms with van der Waals surface area (Å²) in [6, 6.07) is 49.0. The molecule has 0 aliphatic carbocycles. The molecule has 2 aliphatic rings. The predicted octanol–water partition coefficient (Wildman–Crippen LogP) is 6.36. The van der Waals surface area contributed by atoms with E-state index in [1.165, 1.54) is 0 Å². The summed E-state index contributed by atoms with van der Waals surface area (Å²) in [5.41, 5.74) is 4.84. The van der Waals surface area contributed by atoms with Gasteiger partial charge in [0.05, 0.1) is 46.2 Å². The van der Waals surface area contributed by atoms with Crippen LogP contribution in [0.1, 0.15) is 27.8 Å². The average molecular weight is 763 g/mol. The van der Waals surface area contributed by atoms with E-state index in [1.807, 2.05) is 152 Å². The second-order valence-corrected chi connectivity index (χ2v) is 13.9. The zero-order valence-corrected chi connectivity index (χ0v) is 31.2. The summed E-state index contributed by atoms with van der Waals surface area (Å²) in [4.78, 5) is 0. The molecule has 9 atom stereocenters. The van der Waals surface area contributed by atoms with Crippen LogP contribution in [0.15, 0.2) is 152 Å². The molecule has 0 spiro atoms. The Bertz CT molecular complexity index is 1820. The minimum atomic E-state index is -1.35. The van der Waals surface area contributed by atoms with E-state index in [0.29, 0.717) is 13.2 Å². The van der Waals surface area contributed by atoms with Crippen molar-refractivity contribution >= 4 is 0 Å². The van der Waals surface area contributed by atoms with Crippen molar-refractivity contribution in [2.75, 3.05) is 13.2 Å². The Morgan fingerprint density at radius 3 is 1.30 bits per heavy atom. The van der Waals surface area contributed by atoms with E-state index < -0.39 is 61.9 Å². The monoisotopic (exact) mass is 762 g/mol. The third kappa shape index (κ3) is 11.0. The van der Waals surface area contributed by atoms with Gasteiger partial charge in [-0.1, -0.05) is 152 Å². The first kappa shape index (κ1) is 39.9. The molecule has 5 aromatic carbocycles. The largest absolute Gasteiger partial charge is 0.394 e. The number of aliphatic hydroxyl groups excluding tert-OH is 2. The second-order valence-electron chi connectivity index (χ2n) is 13.9. The molecule has 10 heteroatoms. The van der Waals surface area contributed by atoms with Gasteiger partial charge in [-0.05, 0) is 27.8 Å².